The first kappa shape index (κ1) is 42.8. The van der Waals surface area contributed by atoms with E-state index in [1.807, 2.05) is 0 Å². The van der Waals surface area contributed by atoms with Crippen molar-refractivity contribution in [2.45, 2.75) is 77.0 Å². The Kier molecular flexibility index (Phi) is 7.82. The molecule has 2 heteroatoms. The summed E-state index contributed by atoms with van der Waals surface area (Å²) in [7, 11) is 0. The van der Waals surface area contributed by atoms with Crippen LogP contribution in [0.1, 0.15) is 99.9 Å². The van der Waals surface area contributed by atoms with Gasteiger partial charge < -0.3 is 8.83 Å². The molecular formula is C74H54O2. The normalized spacial score (nSPS) is 16.3. The predicted octanol–water partition coefficient (Wildman–Crippen LogP) is 20.4. The maximum Gasteiger partial charge on any atom is 0.143 e. The first-order chi connectivity index (χ1) is 36.7. The molecule has 76 heavy (non-hydrogen) atoms. The molecule has 0 fully saturated rings. The second kappa shape index (κ2) is 13.9. The monoisotopic (exact) mass is 974 g/mol. The fraction of sp³-hybridized carbons (Fsp3) is 0.162. The molecule has 0 aliphatic heterocycles. The van der Waals surface area contributed by atoms with E-state index in [9.17, 15) is 0 Å². The maximum atomic E-state index is 7.23. The topological polar surface area (TPSA) is 26.3 Å². The van der Waals surface area contributed by atoms with Crippen LogP contribution < -0.4 is 0 Å². The number of benzene rings is 11. The average molecular weight is 975 g/mol. The highest BCUT2D eigenvalue weighted by Gasteiger charge is 2.46. The highest BCUT2D eigenvalue weighted by atomic mass is 16.3. The Balaban J connectivity index is 0.926. The molecule has 0 N–H and O–H groups in total. The van der Waals surface area contributed by atoms with E-state index in [4.69, 9.17) is 8.83 Å². The molecule has 362 valence electrons. The van der Waals surface area contributed by atoms with Gasteiger partial charge >= 0.3 is 0 Å². The minimum Gasteiger partial charge on any atom is -0.455 e. The molecule has 0 radical (unpaired) electrons. The van der Waals surface area contributed by atoms with E-state index >= 15 is 0 Å². The number of furan rings is 2. The van der Waals surface area contributed by atoms with Gasteiger partial charge in [0.1, 0.15) is 22.3 Å². The second-order valence-corrected chi connectivity index (χ2v) is 24.6. The Labute approximate surface area is 442 Å². The minimum atomic E-state index is -0.346. The Morgan fingerprint density at radius 2 is 0.539 bits per heavy atom. The molecule has 0 spiro atoms. The van der Waals surface area contributed by atoms with Crippen LogP contribution >= 0.6 is 0 Å². The lowest BCUT2D eigenvalue weighted by Crippen LogP contribution is -2.17. The van der Waals surface area contributed by atoms with E-state index in [1.165, 1.54) is 132 Å². The first-order valence-electron chi connectivity index (χ1n) is 27.2. The quantitative estimate of drug-likeness (QED) is 0.173. The van der Waals surface area contributed by atoms with Gasteiger partial charge in [-0.1, -0.05) is 189 Å². The molecule has 4 aliphatic carbocycles. The van der Waals surface area contributed by atoms with Gasteiger partial charge in [0.05, 0.1) is 0 Å². The zero-order valence-electron chi connectivity index (χ0n) is 44.1. The van der Waals surface area contributed by atoms with Gasteiger partial charge in [-0.05, 0) is 170 Å². The average Bonchev–Trinajstić information content (AvgIpc) is 4.43. The molecule has 2 aromatic heterocycles. The molecule has 0 bridgehead atoms. The third kappa shape index (κ3) is 5.01. The van der Waals surface area contributed by atoms with E-state index in [0.29, 0.717) is 0 Å². The fourth-order valence-corrected chi connectivity index (χ4v) is 15.6. The highest BCUT2D eigenvalue weighted by molar-refractivity contribution is 6.24. The van der Waals surface area contributed by atoms with Gasteiger partial charge in [-0.15, -0.1) is 0 Å². The number of fused-ring (bicyclic) bond motifs is 24. The van der Waals surface area contributed by atoms with E-state index in [0.717, 1.165) is 44.2 Å². The van der Waals surface area contributed by atoms with Crippen LogP contribution in [0.15, 0.2) is 191 Å². The molecule has 0 amide bonds. The van der Waals surface area contributed by atoms with Crippen LogP contribution in [0.25, 0.3) is 132 Å². The van der Waals surface area contributed by atoms with Crippen molar-refractivity contribution in [1.29, 1.82) is 0 Å². The molecule has 0 atom stereocenters. The number of rotatable bonds is 2. The highest BCUT2D eigenvalue weighted by Crippen LogP contribution is 2.63. The van der Waals surface area contributed by atoms with Crippen LogP contribution in [0.4, 0.5) is 0 Å². The Bertz CT molecular complexity index is 4560. The zero-order valence-corrected chi connectivity index (χ0v) is 44.1. The van der Waals surface area contributed by atoms with Gasteiger partial charge in [0.25, 0.3) is 0 Å². The van der Waals surface area contributed by atoms with Gasteiger partial charge in [-0.3, -0.25) is 0 Å². The lowest BCUT2D eigenvalue weighted by Gasteiger charge is -2.25. The summed E-state index contributed by atoms with van der Waals surface area (Å²) in [6.07, 6.45) is 0. The largest absolute Gasteiger partial charge is 0.455 e. The van der Waals surface area contributed by atoms with Crippen LogP contribution in [0.5, 0.6) is 0 Å². The van der Waals surface area contributed by atoms with Crippen LogP contribution in [-0.2, 0) is 21.7 Å². The predicted molar refractivity (Wildman–Crippen MR) is 317 cm³/mol. The van der Waals surface area contributed by atoms with Crippen molar-refractivity contribution in [2.75, 3.05) is 0 Å². The van der Waals surface area contributed by atoms with E-state index < -0.39 is 0 Å². The molecule has 0 saturated carbocycles. The molecular weight excluding hydrogens is 921 g/mol. The minimum absolute atomic E-state index is 0.168. The molecule has 11 aromatic carbocycles. The fourth-order valence-electron chi connectivity index (χ4n) is 15.6. The SMILES string of the molecule is CC1(C)c2ccccc2-c2c1cc(-c1cc3c(c4c1oc1ccccc14)-c1cc4c(cc1C3(C)C)-c1c(cc(-c3cc5c(c6ccccc36)-c3ccccc3C5(C)C)c3oc5ccccc5c13)C4(C)C)c1ccccc21. The van der Waals surface area contributed by atoms with Gasteiger partial charge in [0.2, 0.25) is 0 Å². The summed E-state index contributed by atoms with van der Waals surface area (Å²) in [6, 6.07) is 68.8. The third-order valence-electron chi connectivity index (χ3n) is 19.4. The van der Waals surface area contributed by atoms with Crippen molar-refractivity contribution < 1.29 is 8.83 Å². The van der Waals surface area contributed by atoms with Crippen LogP contribution in [0.3, 0.4) is 0 Å². The van der Waals surface area contributed by atoms with Crippen molar-refractivity contribution in [2.24, 2.45) is 0 Å². The molecule has 17 rings (SSSR count). The molecule has 13 aromatic rings. The van der Waals surface area contributed by atoms with Gasteiger partial charge in [-0.25, -0.2) is 0 Å². The molecule has 0 saturated heterocycles. The van der Waals surface area contributed by atoms with Crippen molar-refractivity contribution in [3.63, 3.8) is 0 Å². The lowest BCUT2D eigenvalue weighted by atomic mass is 9.78. The van der Waals surface area contributed by atoms with Crippen LogP contribution in [0.2, 0.25) is 0 Å². The molecule has 2 heterocycles. The maximum absolute atomic E-state index is 7.23. The van der Waals surface area contributed by atoms with Crippen molar-refractivity contribution in [1.82, 2.24) is 0 Å². The number of para-hydroxylation sites is 2. The summed E-state index contributed by atoms with van der Waals surface area (Å²) in [6.45, 7) is 19.4. The lowest BCUT2D eigenvalue weighted by molar-refractivity contribution is 0.650. The van der Waals surface area contributed by atoms with E-state index in [-0.39, 0.29) is 21.7 Å². The molecule has 0 unspecified atom stereocenters. The first-order valence-corrected chi connectivity index (χ1v) is 27.2. The summed E-state index contributed by atoms with van der Waals surface area (Å²) in [5.41, 5.74) is 28.9. The summed E-state index contributed by atoms with van der Waals surface area (Å²) in [5.74, 6) is 0. The summed E-state index contributed by atoms with van der Waals surface area (Å²) in [4.78, 5) is 0. The number of hydrogen-bond donors (Lipinski definition) is 0. The zero-order chi connectivity index (χ0) is 51.1. The van der Waals surface area contributed by atoms with Gasteiger partial charge in [-0.2, -0.15) is 0 Å². The Morgan fingerprint density at radius 3 is 0.961 bits per heavy atom. The van der Waals surface area contributed by atoms with Gasteiger partial charge in [0, 0.05) is 54.3 Å². The molecule has 2 nitrogen and oxygen atoms in total. The third-order valence-corrected chi connectivity index (χ3v) is 19.4. The standard InChI is InChI=1S/C74H54O2/c1-71(2)53-29-17-13-25-43(53)63-41-23-11-9-21-39(41)47(33-57(63)71)49-35-59-65(67-45-27-15-19-31-61(45)75-69(49)67)51-37-56-52(38-55(51)73(59,5)6)66-60(74(56,7)8)36-50(70-68(66)46-28-16-20-32-62(46)76-70)48-34-58-64(42-24-12-10-22-40(42)48)44-26-14-18-30-54(44)72(58,3)4/h9-38H,1-8H3. The number of hydrogen-bond acceptors (Lipinski definition) is 2. The van der Waals surface area contributed by atoms with E-state index in [1.54, 1.807) is 0 Å². The van der Waals surface area contributed by atoms with Crippen molar-refractivity contribution in [3.8, 4) is 66.8 Å². The summed E-state index contributed by atoms with van der Waals surface area (Å²) in [5, 5.41) is 9.80. The van der Waals surface area contributed by atoms with Crippen LogP contribution in [-0.4, -0.2) is 0 Å². The van der Waals surface area contributed by atoms with E-state index in [2.05, 4.69) is 237 Å². The van der Waals surface area contributed by atoms with Crippen molar-refractivity contribution >= 4 is 65.4 Å². The Hall–Kier alpha value is -8.46. The van der Waals surface area contributed by atoms with Crippen molar-refractivity contribution in [3.05, 3.63) is 226 Å². The molecule has 4 aliphatic rings. The second-order valence-electron chi connectivity index (χ2n) is 24.6. The smallest absolute Gasteiger partial charge is 0.143 e. The summed E-state index contributed by atoms with van der Waals surface area (Å²) >= 11 is 0. The van der Waals surface area contributed by atoms with Crippen LogP contribution in [0, 0.1) is 0 Å². The Morgan fingerprint density at radius 1 is 0.237 bits per heavy atom. The summed E-state index contributed by atoms with van der Waals surface area (Å²) < 4.78 is 14.5. The van der Waals surface area contributed by atoms with Gasteiger partial charge in [0.15, 0.2) is 0 Å².